The number of benzene rings is 3. The Morgan fingerprint density at radius 1 is 1.03 bits per heavy atom. The van der Waals surface area contributed by atoms with E-state index in [0.29, 0.717) is 32.7 Å². The maximum absolute atomic E-state index is 13.4. The summed E-state index contributed by atoms with van der Waals surface area (Å²) < 4.78 is 18.7. The van der Waals surface area contributed by atoms with E-state index < -0.39 is 0 Å². The van der Waals surface area contributed by atoms with Crippen LogP contribution in [0, 0.1) is 5.82 Å². The van der Waals surface area contributed by atoms with Crippen molar-refractivity contribution in [2.24, 2.45) is 5.10 Å². The third kappa shape index (κ3) is 4.98. The standard InChI is InChI=1S/C24H19FN4O2S/c1-31-20-10-6-5-9-18(20)15-26-29-24-27-21(16-11-13-19(25)14-12-16)23(32-24)28-22(30)17-7-3-2-4-8-17/h2-15H,1H3,(H,27,29)(H,28,30). The van der Waals surface area contributed by atoms with Crippen LogP contribution < -0.4 is 15.5 Å². The number of methoxy groups -OCH3 is 1. The van der Waals surface area contributed by atoms with Crippen molar-refractivity contribution in [2.75, 3.05) is 17.9 Å². The lowest BCUT2D eigenvalue weighted by Gasteiger charge is -2.05. The number of amides is 1. The molecule has 32 heavy (non-hydrogen) atoms. The van der Waals surface area contributed by atoms with Crippen LogP contribution in [0.25, 0.3) is 11.3 Å². The van der Waals surface area contributed by atoms with E-state index in [4.69, 9.17) is 4.74 Å². The van der Waals surface area contributed by atoms with Gasteiger partial charge in [0.2, 0.25) is 5.13 Å². The lowest BCUT2D eigenvalue weighted by Crippen LogP contribution is -2.11. The summed E-state index contributed by atoms with van der Waals surface area (Å²) in [5, 5.41) is 8.14. The van der Waals surface area contributed by atoms with Crippen molar-refractivity contribution in [3.05, 3.63) is 95.8 Å². The Morgan fingerprint density at radius 2 is 1.75 bits per heavy atom. The molecule has 3 aromatic carbocycles. The maximum atomic E-state index is 13.4. The number of hydrogen-bond acceptors (Lipinski definition) is 6. The number of thiazole rings is 1. The minimum Gasteiger partial charge on any atom is -0.496 e. The minimum atomic E-state index is -0.349. The number of anilines is 2. The van der Waals surface area contributed by atoms with Gasteiger partial charge in [-0.2, -0.15) is 5.10 Å². The summed E-state index contributed by atoms with van der Waals surface area (Å²) in [6.45, 7) is 0. The summed E-state index contributed by atoms with van der Waals surface area (Å²) in [5.74, 6) is 0.0836. The first-order chi connectivity index (χ1) is 15.6. The van der Waals surface area contributed by atoms with Crippen LogP contribution in [-0.4, -0.2) is 24.2 Å². The fourth-order valence-corrected chi connectivity index (χ4v) is 3.78. The summed E-state index contributed by atoms with van der Waals surface area (Å²) in [4.78, 5) is 17.2. The highest BCUT2D eigenvalue weighted by atomic mass is 32.1. The van der Waals surface area contributed by atoms with Crippen molar-refractivity contribution in [1.29, 1.82) is 0 Å². The molecule has 1 aromatic heterocycles. The molecule has 0 radical (unpaired) electrons. The van der Waals surface area contributed by atoms with Crippen molar-refractivity contribution < 1.29 is 13.9 Å². The first kappa shape index (κ1) is 21.2. The molecule has 8 heteroatoms. The van der Waals surface area contributed by atoms with Gasteiger partial charge in [0.1, 0.15) is 22.3 Å². The van der Waals surface area contributed by atoms with Gasteiger partial charge >= 0.3 is 0 Å². The zero-order chi connectivity index (χ0) is 22.3. The number of para-hydroxylation sites is 1. The molecule has 0 spiro atoms. The SMILES string of the molecule is COc1ccccc1C=NNc1nc(-c2ccc(F)cc2)c(NC(=O)c2ccccc2)s1. The zero-order valence-corrected chi connectivity index (χ0v) is 17.9. The summed E-state index contributed by atoms with van der Waals surface area (Å²) in [5.41, 5.74) is 5.42. The Morgan fingerprint density at radius 3 is 2.50 bits per heavy atom. The molecule has 4 aromatic rings. The molecule has 1 heterocycles. The van der Waals surface area contributed by atoms with Gasteiger partial charge in [-0.05, 0) is 48.5 Å². The Bertz CT molecular complexity index is 1240. The van der Waals surface area contributed by atoms with Crippen molar-refractivity contribution in [1.82, 2.24) is 4.98 Å². The second-order valence-electron chi connectivity index (χ2n) is 6.64. The lowest BCUT2D eigenvalue weighted by molar-refractivity contribution is 0.102. The number of ether oxygens (including phenoxy) is 1. The summed E-state index contributed by atoms with van der Waals surface area (Å²) in [6.07, 6.45) is 1.63. The van der Waals surface area contributed by atoms with Crippen LogP contribution in [0.5, 0.6) is 5.75 Å². The second kappa shape index (κ2) is 9.84. The zero-order valence-electron chi connectivity index (χ0n) is 17.1. The Labute approximate surface area is 188 Å². The number of carbonyl (C=O) groups excluding carboxylic acids is 1. The summed E-state index contributed by atoms with van der Waals surface area (Å²) in [7, 11) is 1.59. The van der Waals surface area contributed by atoms with Gasteiger partial charge in [0.15, 0.2) is 0 Å². The Balaban J connectivity index is 1.60. The monoisotopic (exact) mass is 446 g/mol. The van der Waals surface area contributed by atoms with Gasteiger partial charge in [-0.1, -0.05) is 41.7 Å². The van der Waals surface area contributed by atoms with Crippen LogP contribution in [-0.2, 0) is 0 Å². The van der Waals surface area contributed by atoms with Crippen LogP contribution in [0.15, 0.2) is 84.0 Å². The number of aromatic nitrogens is 1. The predicted octanol–water partition coefficient (Wildman–Crippen LogP) is 5.66. The molecule has 4 rings (SSSR count). The number of halogens is 1. The molecule has 0 aliphatic rings. The third-order valence-electron chi connectivity index (χ3n) is 4.51. The predicted molar refractivity (Wildman–Crippen MR) is 126 cm³/mol. The average molecular weight is 447 g/mol. The largest absolute Gasteiger partial charge is 0.496 e. The van der Waals surface area contributed by atoms with Gasteiger partial charge in [-0.3, -0.25) is 10.2 Å². The molecule has 0 unspecified atom stereocenters. The Kier molecular flexibility index (Phi) is 6.52. The van der Waals surface area contributed by atoms with Crippen LogP contribution in [0.4, 0.5) is 14.5 Å². The molecule has 2 N–H and O–H groups in total. The molecule has 0 saturated heterocycles. The smallest absolute Gasteiger partial charge is 0.256 e. The van der Waals surface area contributed by atoms with Crippen molar-refractivity contribution in [2.45, 2.75) is 0 Å². The molecular weight excluding hydrogens is 427 g/mol. The first-order valence-electron chi connectivity index (χ1n) is 9.69. The van der Waals surface area contributed by atoms with Crippen LogP contribution >= 0.6 is 11.3 Å². The van der Waals surface area contributed by atoms with Gasteiger partial charge < -0.3 is 10.1 Å². The first-order valence-corrected chi connectivity index (χ1v) is 10.5. The molecule has 1 amide bonds. The van der Waals surface area contributed by atoms with Crippen molar-refractivity contribution >= 4 is 33.6 Å². The van der Waals surface area contributed by atoms with Gasteiger partial charge in [0.05, 0.1) is 13.3 Å². The van der Waals surface area contributed by atoms with E-state index in [1.807, 2.05) is 30.3 Å². The van der Waals surface area contributed by atoms with Gasteiger partial charge in [-0.15, -0.1) is 0 Å². The number of nitrogens with one attached hydrogen (secondary N) is 2. The van der Waals surface area contributed by atoms with Crippen molar-refractivity contribution in [3.8, 4) is 17.0 Å². The van der Waals surface area contributed by atoms with Gasteiger partial charge in [-0.25, -0.2) is 9.37 Å². The highest BCUT2D eigenvalue weighted by Crippen LogP contribution is 2.36. The number of rotatable bonds is 7. The van der Waals surface area contributed by atoms with E-state index in [-0.39, 0.29) is 11.7 Å². The van der Waals surface area contributed by atoms with E-state index in [1.54, 1.807) is 49.7 Å². The Hall–Kier alpha value is -4.04. The molecular formula is C24H19FN4O2S. The highest BCUT2D eigenvalue weighted by molar-refractivity contribution is 7.20. The minimum absolute atomic E-state index is 0.262. The molecule has 160 valence electrons. The number of hydrogen-bond donors (Lipinski definition) is 2. The molecule has 0 bridgehead atoms. The van der Waals surface area contributed by atoms with E-state index in [0.717, 1.165) is 5.56 Å². The molecule has 0 fully saturated rings. The normalized spacial score (nSPS) is 10.8. The van der Waals surface area contributed by atoms with Gasteiger partial charge in [0, 0.05) is 16.7 Å². The molecule has 0 saturated carbocycles. The lowest BCUT2D eigenvalue weighted by atomic mass is 10.1. The molecule has 0 aliphatic heterocycles. The summed E-state index contributed by atoms with van der Waals surface area (Å²) in [6, 6.07) is 22.3. The fourth-order valence-electron chi connectivity index (χ4n) is 2.95. The number of nitrogens with zero attached hydrogens (tertiary/aromatic N) is 2. The average Bonchev–Trinajstić information content (AvgIpc) is 3.22. The van der Waals surface area contributed by atoms with Crippen LogP contribution in [0.2, 0.25) is 0 Å². The third-order valence-corrected chi connectivity index (χ3v) is 5.39. The topological polar surface area (TPSA) is 75.6 Å². The highest BCUT2D eigenvalue weighted by Gasteiger charge is 2.16. The van der Waals surface area contributed by atoms with Crippen LogP contribution in [0.1, 0.15) is 15.9 Å². The van der Waals surface area contributed by atoms with Crippen LogP contribution in [0.3, 0.4) is 0 Å². The summed E-state index contributed by atoms with van der Waals surface area (Å²) >= 11 is 1.23. The van der Waals surface area contributed by atoms with Crippen molar-refractivity contribution in [3.63, 3.8) is 0 Å². The quantitative estimate of drug-likeness (QED) is 0.284. The maximum Gasteiger partial charge on any atom is 0.256 e. The fraction of sp³-hybridized carbons (Fsp3) is 0.0417. The molecule has 0 atom stereocenters. The second-order valence-corrected chi connectivity index (χ2v) is 7.63. The molecule has 0 aliphatic carbocycles. The van der Waals surface area contributed by atoms with E-state index in [1.165, 1.54) is 23.5 Å². The number of carbonyl (C=O) groups is 1. The van der Waals surface area contributed by atoms with E-state index in [9.17, 15) is 9.18 Å². The van der Waals surface area contributed by atoms with Gasteiger partial charge in [0.25, 0.3) is 5.91 Å². The molecule has 6 nitrogen and oxygen atoms in total. The number of hydrazone groups is 1. The van der Waals surface area contributed by atoms with E-state index in [2.05, 4.69) is 20.8 Å². The van der Waals surface area contributed by atoms with E-state index >= 15 is 0 Å².